The summed E-state index contributed by atoms with van der Waals surface area (Å²) < 4.78 is 11.3. The van der Waals surface area contributed by atoms with Gasteiger partial charge in [0.15, 0.2) is 11.5 Å². The van der Waals surface area contributed by atoms with Crippen LogP contribution < -0.4 is 14.8 Å². The fourth-order valence-electron chi connectivity index (χ4n) is 1.45. The summed E-state index contributed by atoms with van der Waals surface area (Å²) in [4.78, 5) is 0. The maximum absolute atomic E-state index is 9.73. The molecule has 5 heteroatoms. The molecule has 0 amide bonds. The van der Waals surface area contributed by atoms with Crippen LogP contribution in [0.4, 0.5) is 0 Å². The maximum Gasteiger partial charge on any atom is 0.231 e. The number of hydrogen-bond acceptors (Lipinski definition) is 4. The van der Waals surface area contributed by atoms with Crippen molar-refractivity contribution in [1.82, 2.24) is 5.32 Å². The summed E-state index contributed by atoms with van der Waals surface area (Å²) in [5.74, 6) is 1.47. The Morgan fingerprint density at radius 3 is 2.81 bits per heavy atom. The van der Waals surface area contributed by atoms with Gasteiger partial charge in [0.25, 0.3) is 0 Å². The van der Waals surface area contributed by atoms with E-state index < -0.39 is 0 Å². The number of ether oxygens (including phenoxy) is 2. The van der Waals surface area contributed by atoms with Gasteiger partial charge in [0.1, 0.15) is 5.75 Å². The van der Waals surface area contributed by atoms with Gasteiger partial charge in [-0.2, -0.15) is 0 Å². The molecule has 0 unspecified atom stereocenters. The van der Waals surface area contributed by atoms with E-state index in [2.05, 4.69) is 27.8 Å². The molecule has 4 nitrogen and oxygen atoms in total. The average Bonchev–Trinajstić information content (AvgIpc) is 2.64. The number of rotatable bonds is 4. The first-order chi connectivity index (χ1) is 7.66. The molecule has 2 N–H and O–H groups in total. The van der Waals surface area contributed by atoms with Crippen LogP contribution in [-0.4, -0.2) is 18.4 Å². The second-order valence-corrected chi connectivity index (χ2v) is 4.58. The van der Waals surface area contributed by atoms with E-state index >= 15 is 0 Å². The third-order valence-corrected chi connectivity index (χ3v) is 2.49. The molecule has 0 aliphatic carbocycles. The van der Waals surface area contributed by atoms with Crippen molar-refractivity contribution in [1.29, 1.82) is 0 Å². The summed E-state index contributed by atoms with van der Waals surface area (Å²) in [6.07, 6.45) is 0. The van der Waals surface area contributed by atoms with Crippen molar-refractivity contribution in [2.45, 2.75) is 6.54 Å². The number of halogens is 1. The molecule has 86 valence electrons. The number of benzene rings is 1. The highest BCUT2D eigenvalue weighted by atomic mass is 79.9. The highest BCUT2D eigenvalue weighted by Gasteiger charge is 2.16. The van der Waals surface area contributed by atoms with Crippen molar-refractivity contribution in [2.24, 2.45) is 0 Å². The summed E-state index contributed by atoms with van der Waals surface area (Å²) in [6, 6.07) is 3.35. The summed E-state index contributed by atoms with van der Waals surface area (Å²) in [5.41, 5.74) is 0.776. The Morgan fingerprint density at radius 1 is 1.44 bits per heavy atom. The number of aromatic hydroxyl groups is 1. The SMILES string of the molecule is C=C(Br)CNCc1cc2c(cc1O)OCO2. The number of phenols is 1. The first kappa shape index (κ1) is 11.3. The minimum Gasteiger partial charge on any atom is -0.507 e. The Hall–Kier alpha value is -1.20. The normalized spacial score (nSPS) is 12.8. The van der Waals surface area contributed by atoms with Gasteiger partial charge < -0.3 is 19.9 Å². The lowest BCUT2D eigenvalue weighted by atomic mass is 10.1. The van der Waals surface area contributed by atoms with Gasteiger partial charge in [-0.05, 0) is 6.07 Å². The molecule has 1 aliphatic rings. The van der Waals surface area contributed by atoms with E-state index in [1.54, 1.807) is 12.1 Å². The molecular formula is C11H12BrNO3. The van der Waals surface area contributed by atoms with Crippen molar-refractivity contribution in [3.63, 3.8) is 0 Å². The summed E-state index contributed by atoms with van der Waals surface area (Å²) in [6.45, 7) is 5.12. The van der Waals surface area contributed by atoms with Gasteiger partial charge in [0.05, 0.1) is 0 Å². The van der Waals surface area contributed by atoms with Crippen LogP contribution in [0.3, 0.4) is 0 Å². The van der Waals surface area contributed by atoms with Crippen molar-refractivity contribution >= 4 is 15.9 Å². The minimum atomic E-state index is 0.205. The number of phenolic OH excluding ortho intramolecular Hbond substituents is 1. The molecule has 0 saturated carbocycles. The molecule has 1 aliphatic heterocycles. The second-order valence-electron chi connectivity index (χ2n) is 3.45. The van der Waals surface area contributed by atoms with Crippen LogP contribution in [0.2, 0.25) is 0 Å². The molecule has 0 radical (unpaired) electrons. The number of nitrogens with one attached hydrogen (secondary N) is 1. The summed E-state index contributed by atoms with van der Waals surface area (Å²) >= 11 is 3.25. The number of fused-ring (bicyclic) bond motifs is 1. The standard InChI is InChI=1S/C11H12BrNO3/c1-7(12)4-13-5-8-2-10-11(3-9(8)14)16-6-15-10/h2-3,13-14H,1,4-6H2. The molecule has 1 aromatic carbocycles. The van der Waals surface area contributed by atoms with E-state index in [4.69, 9.17) is 9.47 Å². The molecule has 0 spiro atoms. The minimum absolute atomic E-state index is 0.205. The van der Waals surface area contributed by atoms with E-state index in [-0.39, 0.29) is 12.5 Å². The largest absolute Gasteiger partial charge is 0.507 e. The Kier molecular flexibility index (Phi) is 3.36. The Balaban J connectivity index is 2.06. The van der Waals surface area contributed by atoms with Gasteiger partial charge in [-0.3, -0.25) is 0 Å². The smallest absolute Gasteiger partial charge is 0.231 e. The molecule has 2 rings (SSSR count). The van der Waals surface area contributed by atoms with E-state index in [0.717, 1.165) is 10.0 Å². The van der Waals surface area contributed by atoms with Gasteiger partial charge in [-0.15, -0.1) is 0 Å². The van der Waals surface area contributed by atoms with Crippen LogP contribution >= 0.6 is 15.9 Å². The quantitative estimate of drug-likeness (QED) is 0.890. The predicted molar refractivity (Wildman–Crippen MR) is 64.0 cm³/mol. The monoisotopic (exact) mass is 285 g/mol. The lowest BCUT2D eigenvalue weighted by molar-refractivity contribution is 0.174. The zero-order valence-electron chi connectivity index (χ0n) is 8.62. The van der Waals surface area contributed by atoms with Gasteiger partial charge in [-0.25, -0.2) is 0 Å². The van der Waals surface area contributed by atoms with Crippen LogP contribution in [0.1, 0.15) is 5.56 Å². The summed E-state index contributed by atoms with van der Waals surface area (Å²) in [7, 11) is 0. The molecule has 0 fully saturated rings. The zero-order valence-corrected chi connectivity index (χ0v) is 10.2. The molecule has 16 heavy (non-hydrogen) atoms. The topological polar surface area (TPSA) is 50.7 Å². The average molecular weight is 286 g/mol. The molecule has 0 saturated heterocycles. The first-order valence-electron chi connectivity index (χ1n) is 4.82. The van der Waals surface area contributed by atoms with Crippen LogP contribution in [-0.2, 0) is 6.54 Å². The molecule has 0 atom stereocenters. The molecule has 0 aromatic heterocycles. The number of hydrogen-bond donors (Lipinski definition) is 2. The van der Waals surface area contributed by atoms with Crippen LogP contribution in [0.5, 0.6) is 17.2 Å². The van der Waals surface area contributed by atoms with Crippen LogP contribution in [0.15, 0.2) is 23.2 Å². The molecular weight excluding hydrogens is 274 g/mol. The predicted octanol–water partition coefficient (Wildman–Crippen LogP) is 2.12. The highest BCUT2D eigenvalue weighted by Crippen LogP contribution is 2.37. The van der Waals surface area contributed by atoms with Gasteiger partial charge in [0, 0.05) is 29.2 Å². The van der Waals surface area contributed by atoms with Crippen LogP contribution in [0.25, 0.3) is 0 Å². The fourth-order valence-corrected chi connectivity index (χ4v) is 1.65. The Labute approximate surface area is 102 Å². The Bertz CT molecular complexity index is 420. The Morgan fingerprint density at radius 2 is 2.12 bits per heavy atom. The van der Waals surface area contributed by atoms with Crippen molar-refractivity contribution in [2.75, 3.05) is 13.3 Å². The molecule has 1 heterocycles. The lowest BCUT2D eigenvalue weighted by Crippen LogP contribution is -2.14. The van der Waals surface area contributed by atoms with E-state index in [0.29, 0.717) is 24.6 Å². The first-order valence-corrected chi connectivity index (χ1v) is 5.61. The van der Waals surface area contributed by atoms with E-state index in [1.807, 2.05) is 0 Å². The second kappa shape index (κ2) is 4.76. The third-order valence-electron chi connectivity index (χ3n) is 2.21. The fraction of sp³-hybridized carbons (Fsp3) is 0.273. The van der Waals surface area contributed by atoms with Crippen molar-refractivity contribution < 1.29 is 14.6 Å². The van der Waals surface area contributed by atoms with Gasteiger partial charge in [0.2, 0.25) is 6.79 Å². The van der Waals surface area contributed by atoms with Crippen LogP contribution in [0, 0.1) is 0 Å². The molecule has 1 aromatic rings. The molecule has 0 bridgehead atoms. The zero-order chi connectivity index (χ0) is 11.5. The van der Waals surface area contributed by atoms with E-state index in [1.165, 1.54) is 0 Å². The van der Waals surface area contributed by atoms with E-state index in [9.17, 15) is 5.11 Å². The summed E-state index contributed by atoms with van der Waals surface area (Å²) in [5, 5.41) is 12.9. The lowest BCUT2D eigenvalue weighted by Gasteiger charge is -2.07. The van der Waals surface area contributed by atoms with Gasteiger partial charge >= 0.3 is 0 Å². The third kappa shape index (κ3) is 2.48. The van der Waals surface area contributed by atoms with Crippen molar-refractivity contribution in [3.8, 4) is 17.2 Å². The van der Waals surface area contributed by atoms with Gasteiger partial charge in [-0.1, -0.05) is 22.5 Å². The maximum atomic E-state index is 9.73. The highest BCUT2D eigenvalue weighted by molar-refractivity contribution is 9.11. The van der Waals surface area contributed by atoms with Crippen molar-refractivity contribution in [3.05, 3.63) is 28.8 Å².